The molecule has 0 bridgehead atoms. The smallest absolute Gasteiger partial charge is 0.229 e. The van der Waals surface area contributed by atoms with Crippen LogP contribution in [0.5, 0.6) is 11.5 Å². The van der Waals surface area contributed by atoms with Crippen LogP contribution in [0.15, 0.2) is 71.2 Å². The maximum absolute atomic E-state index is 12.8. The van der Waals surface area contributed by atoms with E-state index in [1.165, 1.54) is 0 Å². The predicted octanol–water partition coefficient (Wildman–Crippen LogP) is 5.85. The van der Waals surface area contributed by atoms with Gasteiger partial charge in [0.1, 0.15) is 11.5 Å². The first-order chi connectivity index (χ1) is 14.9. The quantitative estimate of drug-likeness (QED) is 0.500. The number of hydrogen-bond donors (Lipinski definition) is 1. The Morgan fingerprint density at radius 2 is 1.55 bits per heavy atom. The van der Waals surface area contributed by atoms with Gasteiger partial charge in [0.05, 0.1) is 5.92 Å². The van der Waals surface area contributed by atoms with E-state index in [1.807, 2.05) is 56.3 Å². The molecule has 5 nitrogen and oxygen atoms in total. The number of aryl methyl sites for hydroxylation is 2. The van der Waals surface area contributed by atoms with Crippen molar-refractivity contribution in [2.45, 2.75) is 20.3 Å². The number of para-hydroxylation sites is 1. The predicted molar refractivity (Wildman–Crippen MR) is 126 cm³/mol. The number of ether oxygens (including phenoxy) is 1. The van der Waals surface area contributed by atoms with Crippen molar-refractivity contribution < 1.29 is 14.3 Å². The van der Waals surface area contributed by atoms with Crippen LogP contribution < -0.4 is 15.0 Å². The topological polar surface area (TPSA) is 58.6 Å². The summed E-state index contributed by atoms with van der Waals surface area (Å²) < 4.78 is 6.79. The molecule has 3 aromatic carbocycles. The minimum atomic E-state index is -0.384. The Hall–Kier alpha value is -3.12. The van der Waals surface area contributed by atoms with Gasteiger partial charge in [-0.15, -0.1) is 0 Å². The van der Waals surface area contributed by atoms with Crippen LogP contribution in [0.2, 0.25) is 0 Å². The van der Waals surface area contributed by atoms with Crippen LogP contribution in [0.1, 0.15) is 17.5 Å². The van der Waals surface area contributed by atoms with Gasteiger partial charge in [-0.3, -0.25) is 9.59 Å². The molecule has 1 aliphatic rings. The maximum Gasteiger partial charge on any atom is 0.229 e. The summed E-state index contributed by atoms with van der Waals surface area (Å²) in [6, 6.07) is 20.7. The summed E-state index contributed by atoms with van der Waals surface area (Å²) in [5, 5.41) is 2.92. The van der Waals surface area contributed by atoms with Crippen LogP contribution >= 0.6 is 15.9 Å². The maximum atomic E-state index is 12.8. The number of hydrogen-bond acceptors (Lipinski definition) is 3. The molecule has 1 atom stereocenters. The summed E-state index contributed by atoms with van der Waals surface area (Å²) >= 11 is 3.40. The highest BCUT2D eigenvalue weighted by Gasteiger charge is 2.36. The zero-order chi connectivity index (χ0) is 22.0. The molecule has 3 aromatic rings. The van der Waals surface area contributed by atoms with Gasteiger partial charge in [0.2, 0.25) is 11.8 Å². The molecule has 6 heteroatoms. The first-order valence-electron chi connectivity index (χ1n) is 10.1. The second kappa shape index (κ2) is 8.94. The second-order valence-electron chi connectivity index (χ2n) is 7.72. The summed E-state index contributed by atoms with van der Waals surface area (Å²) in [5.41, 5.74) is 3.66. The van der Waals surface area contributed by atoms with Gasteiger partial charge in [-0.1, -0.05) is 34.1 Å². The van der Waals surface area contributed by atoms with Crippen LogP contribution in [0.25, 0.3) is 0 Å². The average Bonchev–Trinajstić information content (AvgIpc) is 3.12. The monoisotopic (exact) mass is 478 g/mol. The highest BCUT2D eigenvalue weighted by Crippen LogP contribution is 2.31. The third kappa shape index (κ3) is 4.80. The van der Waals surface area contributed by atoms with Gasteiger partial charge >= 0.3 is 0 Å². The third-order valence-electron chi connectivity index (χ3n) is 5.38. The number of rotatable bonds is 5. The Bertz CT molecular complexity index is 1090. The average molecular weight is 479 g/mol. The van der Waals surface area contributed by atoms with Crippen molar-refractivity contribution in [2.24, 2.45) is 5.92 Å². The molecule has 0 aliphatic carbocycles. The van der Waals surface area contributed by atoms with Crippen molar-refractivity contribution in [3.63, 3.8) is 0 Å². The molecule has 0 spiro atoms. The van der Waals surface area contributed by atoms with Gasteiger partial charge in [-0.25, -0.2) is 0 Å². The van der Waals surface area contributed by atoms with E-state index in [0.29, 0.717) is 18.0 Å². The molecule has 0 aromatic heterocycles. The molecule has 0 radical (unpaired) electrons. The zero-order valence-corrected chi connectivity index (χ0v) is 19.0. The number of carbonyl (C=O) groups excluding carboxylic acids is 2. The number of nitrogens with one attached hydrogen (secondary N) is 1. The number of benzene rings is 3. The van der Waals surface area contributed by atoms with Crippen molar-refractivity contribution in [3.8, 4) is 11.5 Å². The fourth-order valence-corrected chi connectivity index (χ4v) is 4.08. The largest absolute Gasteiger partial charge is 0.457 e. The van der Waals surface area contributed by atoms with Gasteiger partial charge in [-0.2, -0.15) is 0 Å². The van der Waals surface area contributed by atoms with Crippen LogP contribution in [-0.4, -0.2) is 18.4 Å². The molecule has 31 heavy (non-hydrogen) atoms. The standard InChI is InChI=1S/C25H23BrN2O3/c1-16-4-3-5-17(2)24(16)28-15-18(14-23(28)29)25(30)27-20-8-12-22(13-9-20)31-21-10-6-19(26)7-11-21/h3-13,18H,14-15H2,1-2H3,(H,27,30)/t18-/m1/s1. The number of carbonyl (C=O) groups is 2. The Labute approximate surface area is 190 Å². The van der Waals surface area contributed by atoms with Crippen molar-refractivity contribution in [1.82, 2.24) is 0 Å². The summed E-state index contributed by atoms with van der Waals surface area (Å²) in [6.45, 7) is 4.36. The van der Waals surface area contributed by atoms with Crippen LogP contribution in [0, 0.1) is 19.8 Å². The van der Waals surface area contributed by atoms with E-state index in [1.54, 1.807) is 29.2 Å². The molecule has 1 fully saturated rings. The van der Waals surface area contributed by atoms with Crippen molar-refractivity contribution in [3.05, 3.63) is 82.3 Å². The van der Waals surface area contributed by atoms with Crippen LogP contribution in [-0.2, 0) is 9.59 Å². The fraction of sp³-hybridized carbons (Fsp3) is 0.200. The van der Waals surface area contributed by atoms with Gasteiger partial charge in [0, 0.05) is 28.8 Å². The molecular formula is C25H23BrN2O3. The zero-order valence-electron chi connectivity index (χ0n) is 17.4. The SMILES string of the molecule is Cc1cccc(C)c1N1C[C@H](C(=O)Nc2ccc(Oc3ccc(Br)cc3)cc2)CC1=O. The lowest BCUT2D eigenvalue weighted by Gasteiger charge is -2.21. The fourth-order valence-electron chi connectivity index (χ4n) is 3.82. The van der Waals surface area contributed by atoms with Crippen molar-refractivity contribution >= 4 is 39.1 Å². The molecule has 2 amide bonds. The van der Waals surface area contributed by atoms with E-state index in [4.69, 9.17) is 4.74 Å². The van der Waals surface area contributed by atoms with E-state index >= 15 is 0 Å². The number of nitrogens with zero attached hydrogens (tertiary/aromatic N) is 1. The van der Waals surface area contributed by atoms with Crippen LogP contribution in [0.3, 0.4) is 0 Å². The van der Waals surface area contributed by atoms with Gasteiger partial charge in [-0.05, 0) is 73.5 Å². The van der Waals surface area contributed by atoms with Gasteiger partial charge < -0.3 is 15.0 Å². The minimum absolute atomic E-state index is 0.0178. The van der Waals surface area contributed by atoms with E-state index < -0.39 is 0 Å². The lowest BCUT2D eigenvalue weighted by Crippen LogP contribution is -2.29. The first kappa shape index (κ1) is 21.1. The van der Waals surface area contributed by atoms with E-state index in [9.17, 15) is 9.59 Å². The van der Waals surface area contributed by atoms with E-state index in [0.717, 1.165) is 27.0 Å². The number of halogens is 1. The molecule has 0 unspecified atom stereocenters. The van der Waals surface area contributed by atoms with Crippen LogP contribution in [0.4, 0.5) is 11.4 Å². The molecule has 0 saturated carbocycles. The second-order valence-corrected chi connectivity index (χ2v) is 8.63. The lowest BCUT2D eigenvalue weighted by atomic mass is 10.1. The molecular weight excluding hydrogens is 456 g/mol. The Morgan fingerprint density at radius 1 is 0.968 bits per heavy atom. The van der Waals surface area contributed by atoms with Gasteiger partial charge in [0.25, 0.3) is 0 Å². The highest BCUT2D eigenvalue weighted by atomic mass is 79.9. The normalized spacial score (nSPS) is 15.8. The highest BCUT2D eigenvalue weighted by molar-refractivity contribution is 9.10. The molecule has 158 valence electrons. The van der Waals surface area contributed by atoms with Crippen molar-refractivity contribution in [2.75, 3.05) is 16.8 Å². The Balaban J connectivity index is 1.39. The first-order valence-corrected chi connectivity index (χ1v) is 10.9. The summed E-state index contributed by atoms with van der Waals surface area (Å²) in [7, 11) is 0. The molecule has 1 aliphatic heterocycles. The summed E-state index contributed by atoms with van der Waals surface area (Å²) in [5.74, 6) is 0.860. The van der Waals surface area contributed by atoms with E-state index in [-0.39, 0.29) is 24.2 Å². The molecule has 4 rings (SSSR count). The lowest BCUT2D eigenvalue weighted by molar-refractivity contribution is -0.122. The molecule has 1 saturated heterocycles. The van der Waals surface area contributed by atoms with Crippen molar-refractivity contribution in [1.29, 1.82) is 0 Å². The third-order valence-corrected chi connectivity index (χ3v) is 5.91. The molecule has 1 N–H and O–H groups in total. The van der Waals surface area contributed by atoms with Gasteiger partial charge in [0.15, 0.2) is 0 Å². The number of anilines is 2. The summed E-state index contributed by atoms with van der Waals surface area (Å²) in [6.07, 6.45) is 0.213. The number of amides is 2. The Kier molecular flexibility index (Phi) is 6.09. The van der Waals surface area contributed by atoms with E-state index in [2.05, 4.69) is 21.2 Å². The molecule has 1 heterocycles. The Morgan fingerprint density at radius 3 is 2.16 bits per heavy atom. The minimum Gasteiger partial charge on any atom is -0.457 e. The summed E-state index contributed by atoms with van der Waals surface area (Å²) in [4.78, 5) is 27.1.